The Bertz CT molecular complexity index is 399. The van der Waals surface area contributed by atoms with Crippen molar-refractivity contribution >= 4 is 5.91 Å². The van der Waals surface area contributed by atoms with E-state index in [2.05, 4.69) is 22.3 Å². The van der Waals surface area contributed by atoms with Crippen LogP contribution >= 0.6 is 0 Å². The van der Waals surface area contributed by atoms with Crippen molar-refractivity contribution < 1.29 is 4.79 Å². The molecule has 1 aliphatic heterocycles. The Labute approximate surface area is 121 Å². The van der Waals surface area contributed by atoms with E-state index in [1.807, 2.05) is 18.2 Å². The summed E-state index contributed by atoms with van der Waals surface area (Å²) in [6, 6.07) is 10.5. The van der Waals surface area contributed by atoms with Crippen LogP contribution in [0.1, 0.15) is 24.8 Å². The molecule has 0 radical (unpaired) electrons. The number of rotatable bonds is 6. The minimum Gasteiger partial charge on any atom is -0.353 e. The van der Waals surface area contributed by atoms with Gasteiger partial charge in [0.2, 0.25) is 5.91 Å². The number of amides is 1. The fraction of sp³-hybridized carbons (Fsp3) is 0.562. The molecule has 2 rings (SSSR count). The fourth-order valence-electron chi connectivity index (χ4n) is 2.69. The molecule has 3 N–H and O–H groups in total. The van der Waals surface area contributed by atoms with Gasteiger partial charge in [-0.15, -0.1) is 0 Å². The van der Waals surface area contributed by atoms with Crippen molar-refractivity contribution in [3.8, 4) is 0 Å². The van der Waals surface area contributed by atoms with Gasteiger partial charge >= 0.3 is 0 Å². The van der Waals surface area contributed by atoms with Crippen molar-refractivity contribution in [2.24, 2.45) is 5.73 Å². The van der Waals surface area contributed by atoms with Crippen LogP contribution in [0.4, 0.5) is 0 Å². The minimum absolute atomic E-state index is 0.172. The third-order valence-electron chi connectivity index (χ3n) is 3.88. The van der Waals surface area contributed by atoms with Gasteiger partial charge in [0.25, 0.3) is 0 Å². The average molecular weight is 275 g/mol. The van der Waals surface area contributed by atoms with Gasteiger partial charge < -0.3 is 16.0 Å². The van der Waals surface area contributed by atoms with Gasteiger partial charge in [-0.25, -0.2) is 0 Å². The lowest BCUT2D eigenvalue weighted by Gasteiger charge is -2.32. The Hall–Kier alpha value is -1.39. The van der Waals surface area contributed by atoms with Crippen LogP contribution in [0.15, 0.2) is 30.3 Å². The highest BCUT2D eigenvalue weighted by atomic mass is 16.1. The maximum absolute atomic E-state index is 11.9. The van der Waals surface area contributed by atoms with E-state index in [9.17, 15) is 4.79 Å². The maximum atomic E-state index is 11.9. The highest BCUT2D eigenvalue weighted by Gasteiger charge is 2.19. The van der Waals surface area contributed by atoms with Crippen molar-refractivity contribution in [3.63, 3.8) is 0 Å². The number of hydrogen-bond donors (Lipinski definition) is 2. The predicted molar refractivity (Wildman–Crippen MR) is 81.4 cm³/mol. The Morgan fingerprint density at radius 3 is 2.60 bits per heavy atom. The smallest absolute Gasteiger partial charge is 0.220 e. The SMILES string of the molecule is NCCN1CCC(NC(=O)CCc2ccccc2)CC1. The zero-order chi connectivity index (χ0) is 14.2. The molecule has 1 heterocycles. The summed E-state index contributed by atoms with van der Waals surface area (Å²) in [6.45, 7) is 3.77. The number of aryl methyl sites for hydroxylation is 1. The quantitative estimate of drug-likeness (QED) is 0.819. The summed E-state index contributed by atoms with van der Waals surface area (Å²) in [5.41, 5.74) is 6.78. The van der Waals surface area contributed by atoms with Crippen LogP contribution in [0, 0.1) is 0 Å². The number of nitrogens with zero attached hydrogens (tertiary/aromatic N) is 1. The van der Waals surface area contributed by atoms with Gasteiger partial charge in [0.1, 0.15) is 0 Å². The third kappa shape index (κ3) is 4.94. The molecule has 1 amide bonds. The molecule has 1 aromatic rings. The van der Waals surface area contributed by atoms with Crippen molar-refractivity contribution in [2.45, 2.75) is 31.7 Å². The van der Waals surface area contributed by atoms with Crippen molar-refractivity contribution in [2.75, 3.05) is 26.2 Å². The number of carbonyl (C=O) groups excluding carboxylic acids is 1. The number of carbonyl (C=O) groups is 1. The average Bonchev–Trinajstić information content (AvgIpc) is 2.49. The number of hydrogen-bond acceptors (Lipinski definition) is 3. The first-order valence-corrected chi connectivity index (χ1v) is 7.53. The lowest BCUT2D eigenvalue weighted by molar-refractivity contribution is -0.122. The summed E-state index contributed by atoms with van der Waals surface area (Å²) < 4.78 is 0. The molecule has 0 saturated carbocycles. The topological polar surface area (TPSA) is 58.4 Å². The fourth-order valence-corrected chi connectivity index (χ4v) is 2.69. The van der Waals surface area contributed by atoms with E-state index in [1.54, 1.807) is 0 Å². The van der Waals surface area contributed by atoms with Crippen molar-refractivity contribution in [1.82, 2.24) is 10.2 Å². The molecule has 0 aromatic heterocycles. The number of piperidine rings is 1. The van der Waals surface area contributed by atoms with E-state index in [4.69, 9.17) is 5.73 Å². The van der Waals surface area contributed by atoms with Crippen molar-refractivity contribution in [3.05, 3.63) is 35.9 Å². The molecular weight excluding hydrogens is 250 g/mol. The molecule has 1 aromatic carbocycles. The van der Waals surface area contributed by atoms with Gasteiger partial charge in [-0.3, -0.25) is 4.79 Å². The molecule has 20 heavy (non-hydrogen) atoms. The zero-order valence-electron chi connectivity index (χ0n) is 12.1. The van der Waals surface area contributed by atoms with Crippen LogP contribution in [0.5, 0.6) is 0 Å². The van der Waals surface area contributed by atoms with Gasteiger partial charge in [0.15, 0.2) is 0 Å². The second-order valence-corrected chi connectivity index (χ2v) is 5.46. The lowest BCUT2D eigenvalue weighted by atomic mass is 10.0. The first kappa shape index (κ1) is 15.0. The Morgan fingerprint density at radius 2 is 1.95 bits per heavy atom. The van der Waals surface area contributed by atoms with Gasteiger partial charge in [-0.1, -0.05) is 30.3 Å². The highest BCUT2D eigenvalue weighted by Crippen LogP contribution is 2.10. The number of likely N-dealkylation sites (tertiary alicyclic amines) is 1. The van der Waals surface area contributed by atoms with Gasteiger partial charge in [-0.05, 0) is 24.8 Å². The van der Waals surface area contributed by atoms with E-state index in [0.717, 1.165) is 38.9 Å². The van der Waals surface area contributed by atoms with E-state index >= 15 is 0 Å². The first-order chi connectivity index (χ1) is 9.78. The second kappa shape index (κ2) is 8.02. The molecule has 0 bridgehead atoms. The number of nitrogens with two attached hydrogens (primary N) is 1. The Kier molecular flexibility index (Phi) is 6.02. The first-order valence-electron chi connectivity index (χ1n) is 7.53. The van der Waals surface area contributed by atoms with Crippen LogP contribution < -0.4 is 11.1 Å². The summed E-state index contributed by atoms with van der Waals surface area (Å²) in [6.07, 6.45) is 3.47. The molecule has 0 unspecified atom stereocenters. The Balaban J connectivity index is 1.65. The molecule has 1 aliphatic rings. The van der Waals surface area contributed by atoms with E-state index in [0.29, 0.717) is 19.0 Å². The molecule has 4 heteroatoms. The number of benzene rings is 1. The predicted octanol–water partition coefficient (Wildman–Crippen LogP) is 1.16. The second-order valence-electron chi connectivity index (χ2n) is 5.46. The lowest BCUT2D eigenvalue weighted by Crippen LogP contribution is -2.45. The molecule has 4 nitrogen and oxygen atoms in total. The highest BCUT2D eigenvalue weighted by molar-refractivity contribution is 5.76. The molecule has 0 aliphatic carbocycles. The molecular formula is C16H25N3O. The van der Waals surface area contributed by atoms with Crippen LogP contribution in [0.25, 0.3) is 0 Å². The normalized spacial score (nSPS) is 17.1. The largest absolute Gasteiger partial charge is 0.353 e. The van der Waals surface area contributed by atoms with Crippen LogP contribution in [-0.4, -0.2) is 43.0 Å². The van der Waals surface area contributed by atoms with Crippen LogP contribution in [0.3, 0.4) is 0 Å². The van der Waals surface area contributed by atoms with Gasteiger partial charge in [0.05, 0.1) is 0 Å². The summed E-state index contributed by atoms with van der Waals surface area (Å²) in [4.78, 5) is 14.3. The zero-order valence-corrected chi connectivity index (χ0v) is 12.1. The molecule has 1 fully saturated rings. The van der Waals surface area contributed by atoms with E-state index in [-0.39, 0.29) is 5.91 Å². The third-order valence-corrected chi connectivity index (χ3v) is 3.88. The standard InChI is InChI=1S/C16H25N3O/c17-10-13-19-11-8-15(9-12-19)18-16(20)7-6-14-4-2-1-3-5-14/h1-5,15H,6-13,17H2,(H,18,20). The summed E-state index contributed by atoms with van der Waals surface area (Å²) in [5.74, 6) is 0.172. The van der Waals surface area contributed by atoms with Gasteiger partial charge in [0, 0.05) is 38.6 Å². The summed E-state index contributed by atoms with van der Waals surface area (Å²) in [7, 11) is 0. The summed E-state index contributed by atoms with van der Waals surface area (Å²) in [5, 5.41) is 3.15. The van der Waals surface area contributed by atoms with Crippen LogP contribution in [-0.2, 0) is 11.2 Å². The molecule has 0 atom stereocenters. The van der Waals surface area contributed by atoms with E-state index in [1.165, 1.54) is 5.56 Å². The van der Waals surface area contributed by atoms with Crippen LogP contribution in [0.2, 0.25) is 0 Å². The number of nitrogens with one attached hydrogen (secondary N) is 1. The van der Waals surface area contributed by atoms with Gasteiger partial charge in [-0.2, -0.15) is 0 Å². The van der Waals surface area contributed by atoms with Crippen molar-refractivity contribution in [1.29, 1.82) is 0 Å². The Morgan fingerprint density at radius 1 is 1.25 bits per heavy atom. The molecule has 1 saturated heterocycles. The molecule has 110 valence electrons. The minimum atomic E-state index is 0.172. The monoisotopic (exact) mass is 275 g/mol. The van der Waals surface area contributed by atoms with E-state index < -0.39 is 0 Å². The molecule has 0 spiro atoms. The summed E-state index contributed by atoms with van der Waals surface area (Å²) >= 11 is 0. The maximum Gasteiger partial charge on any atom is 0.220 e.